The lowest BCUT2D eigenvalue weighted by molar-refractivity contribution is -0.0753. The molecule has 3 heteroatoms. The zero-order valence-electron chi connectivity index (χ0n) is 24.7. The van der Waals surface area contributed by atoms with Gasteiger partial charge in [-0.05, 0) is 148 Å². The van der Waals surface area contributed by atoms with Gasteiger partial charge >= 0.3 is 0 Å². The molecule has 0 saturated heterocycles. The number of rotatable bonds is 7. The number of aliphatic hydroxyl groups is 3. The molecule has 0 amide bonds. The summed E-state index contributed by atoms with van der Waals surface area (Å²) in [6.07, 6.45) is 25.8. The summed E-state index contributed by atoms with van der Waals surface area (Å²) in [6, 6.07) is 0. The van der Waals surface area contributed by atoms with Crippen molar-refractivity contribution < 1.29 is 15.3 Å². The summed E-state index contributed by atoms with van der Waals surface area (Å²) in [5.74, 6) is 4.75. The molecule has 216 valence electrons. The molecule has 7 aliphatic rings. The molecule has 0 heterocycles. The van der Waals surface area contributed by atoms with Gasteiger partial charge in [0.2, 0.25) is 0 Å². The van der Waals surface area contributed by atoms with E-state index in [9.17, 15) is 15.3 Å². The van der Waals surface area contributed by atoms with E-state index in [-0.39, 0.29) is 6.10 Å². The van der Waals surface area contributed by atoms with Crippen LogP contribution in [0, 0.1) is 46.3 Å². The molecule has 4 bridgehead atoms. The maximum absolute atomic E-state index is 11.1. The average molecular weight is 535 g/mol. The summed E-state index contributed by atoms with van der Waals surface area (Å²) < 4.78 is 0. The van der Waals surface area contributed by atoms with Gasteiger partial charge in [0, 0.05) is 0 Å². The fraction of sp³-hybridized carbons (Fsp3) is 0.778. The molecule has 0 aromatic rings. The predicted molar refractivity (Wildman–Crippen MR) is 159 cm³/mol. The second-order valence-electron chi connectivity index (χ2n) is 15.5. The van der Waals surface area contributed by atoms with Crippen molar-refractivity contribution in [2.24, 2.45) is 46.3 Å². The van der Waals surface area contributed by atoms with Gasteiger partial charge < -0.3 is 15.3 Å². The van der Waals surface area contributed by atoms with E-state index < -0.39 is 12.2 Å². The molecule has 0 unspecified atom stereocenters. The second-order valence-corrected chi connectivity index (χ2v) is 15.5. The van der Waals surface area contributed by atoms with E-state index in [4.69, 9.17) is 0 Å². The van der Waals surface area contributed by atoms with E-state index in [0.717, 1.165) is 36.2 Å². The first-order chi connectivity index (χ1) is 18.6. The normalized spacial score (nSPS) is 46.2. The van der Waals surface area contributed by atoms with E-state index in [1.807, 2.05) is 0 Å². The Hall–Kier alpha value is -1.16. The molecule has 7 fully saturated rings. The molecule has 0 aromatic heterocycles. The van der Waals surface area contributed by atoms with Crippen molar-refractivity contribution in [2.75, 3.05) is 0 Å². The number of allylic oxidation sites excluding steroid dienone is 4. The van der Waals surface area contributed by atoms with Crippen molar-refractivity contribution in [1.82, 2.24) is 0 Å². The van der Waals surface area contributed by atoms with Gasteiger partial charge in [0.15, 0.2) is 0 Å². The zero-order valence-corrected chi connectivity index (χ0v) is 24.7. The van der Waals surface area contributed by atoms with Gasteiger partial charge in [-0.3, -0.25) is 0 Å². The highest BCUT2D eigenvalue weighted by molar-refractivity contribution is 5.29. The topological polar surface area (TPSA) is 60.7 Å². The molecule has 7 atom stereocenters. The fourth-order valence-corrected chi connectivity index (χ4v) is 11.3. The van der Waals surface area contributed by atoms with Crippen LogP contribution in [0.5, 0.6) is 0 Å². The lowest BCUT2D eigenvalue weighted by atomic mass is 9.48. The lowest BCUT2D eigenvalue weighted by Gasteiger charge is -2.57. The Bertz CT molecular complexity index is 967. The van der Waals surface area contributed by atoms with Gasteiger partial charge in [-0.2, -0.15) is 0 Å². The summed E-state index contributed by atoms with van der Waals surface area (Å²) in [5.41, 5.74) is 4.08. The quantitative estimate of drug-likeness (QED) is 0.294. The van der Waals surface area contributed by atoms with Crippen LogP contribution in [0.25, 0.3) is 0 Å². The Morgan fingerprint density at radius 3 is 2.26 bits per heavy atom. The summed E-state index contributed by atoms with van der Waals surface area (Å²) >= 11 is 0. The Labute approximate surface area is 237 Å². The maximum Gasteiger partial charge on any atom is 0.0809 e. The van der Waals surface area contributed by atoms with Crippen molar-refractivity contribution in [1.29, 1.82) is 0 Å². The molecule has 3 N–H and O–H groups in total. The SMILES string of the molecule is C=C1[C@H](O)CC(=C/C=C2\CCC[C@]3(C)[C@@H]([C@H](C)/C=C/C[C@H](O)CC45CC6CC(CC(C6)C4)C5)CC[C@@H]23)C[C@H]1O. The van der Waals surface area contributed by atoms with Crippen LogP contribution in [0.3, 0.4) is 0 Å². The van der Waals surface area contributed by atoms with Crippen LogP contribution in [-0.2, 0) is 0 Å². The monoisotopic (exact) mass is 534 g/mol. The molecule has 7 saturated carbocycles. The maximum atomic E-state index is 11.1. The third-order valence-corrected chi connectivity index (χ3v) is 12.7. The Morgan fingerprint density at radius 2 is 1.62 bits per heavy atom. The molecule has 39 heavy (non-hydrogen) atoms. The fourth-order valence-electron chi connectivity index (χ4n) is 11.3. The minimum Gasteiger partial charge on any atom is -0.393 e. The molecule has 7 rings (SSSR count). The van der Waals surface area contributed by atoms with Crippen molar-refractivity contribution in [3.8, 4) is 0 Å². The first-order valence-electron chi connectivity index (χ1n) is 16.4. The van der Waals surface area contributed by atoms with Crippen LogP contribution >= 0.6 is 0 Å². The predicted octanol–water partition coefficient (Wildman–Crippen LogP) is 7.68. The number of hydrogen-bond acceptors (Lipinski definition) is 3. The summed E-state index contributed by atoms with van der Waals surface area (Å²) in [5, 5.41) is 31.5. The van der Waals surface area contributed by atoms with Crippen molar-refractivity contribution in [3.63, 3.8) is 0 Å². The van der Waals surface area contributed by atoms with Gasteiger partial charge in [0.25, 0.3) is 0 Å². The number of aliphatic hydroxyl groups excluding tert-OH is 3. The minimum absolute atomic E-state index is 0.178. The van der Waals surface area contributed by atoms with Gasteiger partial charge in [0.1, 0.15) is 0 Å². The largest absolute Gasteiger partial charge is 0.393 e. The van der Waals surface area contributed by atoms with Crippen LogP contribution in [0.15, 0.2) is 47.6 Å². The molecule has 3 nitrogen and oxygen atoms in total. The van der Waals surface area contributed by atoms with Crippen molar-refractivity contribution in [2.45, 2.75) is 128 Å². The van der Waals surface area contributed by atoms with E-state index >= 15 is 0 Å². The van der Waals surface area contributed by atoms with Gasteiger partial charge in [-0.25, -0.2) is 0 Å². The summed E-state index contributed by atoms with van der Waals surface area (Å²) in [7, 11) is 0. The first-order valence-corrected chi connectivity index (χ1v) is 16.4. The van der Waals surface area contributed by atoms with Gasteiger partial charge in [0.05, 0.1) is 18.3 Å². The van der Waals surface area contributed by atoms with E-state index in [1.165, 1.54) is 70.6 Å². The van der Waals surface area contributed by atoms with Crippen molar-refractivity contribution >= 4 is 0 Å². The van der Waals surface area contributed by atoms with Crippen LogP contribution in [-0.4, -0.2) is 33.6 Å². The lowest BCUT2D eigenvalue weighted by Crippen LogP contribution is -2.47. The average Bonchev–Trinajstić information content (AvgIpc) is 3.22. The highest BCUT2D eigenvalue weighted by Crippen LogP contribution is 2.62. The Morgan fingerprint density at radius 1 is 0.974 bits per heavy atom. The zero-order chi connectivity index (χ0) is 27.4. The van der Waals surface area contributed by atoms with E-state index in [1.54, 1.807) is 5.57 Å². The second kappa shape index (κ2) is 10.9. The third kappa shape index (κ3) is 5.54. The molecule has 0 aliphatic heterocycles. The molecule has 7 aliphatic carbocycles. The van der Waals surface area contributed by atoms with Crippen LogP contribution in [0.2, 0.25) is 0 Å². The van der Waals surface area contributed by atoms with Crippen LogP contribution < -0.4 is 0 Å². The highest BCUT2D eigenvalue weighted by Gasteiger charge is 2.52. The number of fused-ring (bicyclic) bond motifs is 1. The number of hydrogen-bond donors (Lipinski definition) is 3. The molecular weight excluding hydrogens is 480 g/mol. The molecular formula is C36H54O3. The van der Waals surface area contributed by atoms with E-state index in [2.05, 4.69) is 44.7 Å². The smallest absolute Gasteiger partial charge is 0.0809 e. The summed E-state index contributed by atoms with van der Waals surface area (Å²) in [4.78, 5) is 0. The van der Waals surface area contributed by atoms with Crippen LogP contribution in [0.4, 0.5) is 0 Å². The first kappa shape index (κ1) is 28.0. The molecule has 0 radical (unpaired) electrons. The van der Waals surface area contributed by atoms with Crippen LogP contribution in [0.1, 0.15) is 110 Å². The van der Waals surface area contributed by atoms with Gasteiger partial charge in [-0.15, -0.1) is 0 Å². The van der Waals surface area contributed by atoms with Crippen molar-refractivity contribution in [3.05, 3.63) is 47.6 Å². The molecule has 0 aromatic carbocycles. The van der Waals surface area contributed by atoms with E-state index in [0.29, 0.717) is 47.0 Å². The summed E-state index contributed by atoms with van der Waals surface area (Å²) in [6.45, 7) is 8.81. The third-order valence-electron chi connectivity index (χ3n) is 12.7. The highest BCUT2D eigenvalue weighted by atomic mass is 16.3. The van der Waals surface area contributed by atoms with Gasteiger partial charge in [-0.1, -0.05) is 55.9 Å². The Balaban J connectivity index is 1.05. The Kier molecular flexibility index (Phi) is 7.83. The minimum atomic E-state index is -0.621. The standard InChI is InChI=1S/C36H54O3/c1-23(6-4-8-30(37)22-36-19-26-14-27(20-36)16-28(15-26)21-36)31-11-12-32-29(7-5-13-35(31,32)3)10-9-25-17-33(38)24(2)34(39)18-25/h4,6,9-10,23,26-28,30-34,37-39H,2,5,7-8,11-22H2,1,3H3/b6-4+,29-10+/t23-,26?,27?,28?,30+,31-,32+,33-,34-,35-,36?/m1/s1. The molecule has 0 spiro atoms.